The summed E-state index contributed by atoms with van der Waals surface area (Å²) in [4.78, 5) is 32.4. The maximum absolute atomic E-state index is 12.2. The first-order valence-corrected chi connectivity index (χ1v) is 10.2. The summed E-state index contributed by atoms with van der Waals surface area (Å²) in [5.41, 5.74) is 5.23. The van der Waals surface area contributed by atoms with Crippen molar-refractivity contribution in [3.05, 3.63) is 58.9 Å². The summed E-state index contributed by atoms with van der Waals surface area (Å²) in [6, 6.07) is 12.0. The zero-order chi connectivity index (χ0) is 22.5. The highest BCUT2D eigenvalue weighted by Crippen LogP contribution is 2.29. The number of hydrogen-bond donors (Lipinski definition) is 2. The van der Waals surface area contributed by atoms with Crippen LogP contribution >= 0.6 is 11.6 Å². The Balaban J connectivity index is 1.28. The summed E-state index contributed by atoms with van der Waals surface area (Å²) in [5.74, 6) is 0.237. The number of oxazole rings is 1. The number of hydrazine groups is 1. The van der Waals surface area contributed by atoms with Gasteiger partial charge in [-0.2, -0.15) is 10.2 Å². The average molecular weight is 455 g/mol. The molecule has 1 fully saturated rings. The van der Waals surface area contributed by atoms with Gasteiger partial charge in [0.05, 0.1) is 23.4 Å². The Labute approximate surface area is 188 Å². The first kappa shape index (κ1) is 21.4. The average Bonchev–Trinajstić information content (AvgIpc) is 3.48. The Bertz CT molecular complexity index is 1150. The standard InChI is InChI=1S/C21H19ClN6O4/c22-15-5-2-1-4-14(15)19(30)26-25-18(29)13-27-7-9-28(10-8-27)21-16(12-23)24-20(32-21)17-6-3-11-31-17/h1-6,11H,7-10,13H2,(H,25,29)(H,26,30). The third-order valence-electron chi connectivity index (χ3n) is 4.91. The largest absolute Gasteiger partial charge is 0.459 e. The van der Waals surface area contributed by atoms with Gasteiger partial charge < -0.3 is 13.7 Å². The zero-order valence-corrected chi connectivity index (χ0v) is 17.6. The summed E-state index contributed by atoms with van der Waals surface area (Å²) in [5, 5.41) is 9.70. The molecule has 164 valence electrons. The number of furan rings is 1. The quantitative estimate of drug-likeness (QED) is 0.560. The Morgan fingerprint density at radius 1 is 1.12 bits per heavy atom. The fourth-order valence-electron chi connectivity index (χ4n) is 3.30. The number of rotatable bonds is 5. The van der Waals surface area contributed by atoms with Crippen LogP contribution in [-0.4, -0.2) is 54.4 Å². The van der Waals surface area contributed by atoms with E-state index in [1.54, 1.807) is 36.4 Å². The van der Waals surface area contributed by atoms with Crippen molar-refractivity contribution in [1.29, 1.82) is 5.26 Å². The molecule has 1 aliphatic rings. The van der Waals surface area contributed by atoms with Gasteiger partial charge in [-0.3, -0.25) is 25.3 Å². The van der Waals surface area contributed by atoms with Crippen molar-refractivity contribution in [3.8, 4) is 17.7 Å². The molecule has 1 aliphatic heterocycles. The first-order chi connectivity index (χ1) is 15.5. The van der Waals surface area contributed by atoms with Gasteiger partial charge in [0.1, 0.15) is 6.07 Å². The predicted molar refractivity (Wildman–Crippen MR) is 115 cm³/mol. The second-order valence-corrected chi connectivity index (χ2v) is 7.41. The topological polar surface area (TPSA) is 128 Å². The van der Waals surface area contributed by atoms with E-state index in [4.69, 9.17) is 20.4 Å². The van der Waals surface area contributed by atoms with Crippen molar-refractivity contribution in [2.75, 3.05) is 37.6 Å². The van der Waals surface area contributed by atoms with Gasteiger partial charge in [0.2, 0.25) is 11.6 Å². The zero-order valence-electron chi connectivity index (χ0n) is 16.9. The van der Waals surface area contributed by atoms with E-state index in [2.05, 4.69) is 15.8 Å². The van der Waals surface area contributed by atoms with E-state index >= 15 is 0 Å². The molecule has 0 unspecified atom stereocenters. The fourth-order valence-corrected chi connectivity index (χ4v) is 3.52. The third-order valence-corrected chi connectivity index (χ3v) is 5.24. The first-order valence-electron chi connectivity index (χ1n) is 9.81. The van der Waals surface area contributed by atoms with Crippen LogP contribution in [0.4, 0.5) is 5.88 Å². The molecule has 1 saturated heterocycles. The van der Waals surface area contributed by atoms with Crippen LogP contribution in [0.2, 0.25) is 5.02 Å². The van der Waals surface area contributed by atoms with Crippen LogP contribution in [0.15, 0.2) is 51.5 Å². The molecule has 3 aromatic rings. The minimum Gasteiger partial charge on any atom is -0.459 e. The molecular formula is C21H19ClN6O4. The van der Waals surface area contributed by atoms with Gasteiger partial charge >= 0.3 is 0 Å². The monoisotopic (exact) mass is 454 g/mol. The lowest BCUT2D eigenvalue weighted by Crippen LogP contribution is -2.52. The number of halogens is 1. The van der Waals surface area contributed by atoms with Crippen LogP contribution in [0.1, 0.15) is 16.1 Å². The second kappa shape index (κ2) is 9.55. The number of hydrogen-bond acceptors (Lipinski definition) is 8. The van der Waals surface area contributed by atoms with Gasteiger partial charge in [0, 0.05) is 26.2 Å². The Hall–Kier alpha value is -3.81. The van der Waals surface area contributed by atoms with Gasteiger partial charge in [-0.25, -0.2) is 0 Å². The fraction of sp³-hybridized carbons (Fsp3) is 0.238. The summed E-state index contributed by atoms with van der Waals surface area (Å²) < 4.78 is 11.0. The van der Waals surface area contributed by atoms with Crippen LogP contribution in [0.25, 0.3) is 11.7 Å². The molecule has 0 saturated carbocycles. The second-order valence-electron chi connectivity index (χ2n) is 7.01. The number of nitrogens with one attached hydrogen (secondary N) is 2. The lowest BCUT2D eigenvalue weighted by atomic mass is 10.2. The molecule has 0 aliphatic carbocycles. The predicted octanol–water partition coefficient (Wildman–Crippen LogP) is 2.04. The molecule has 2 amide bonds. The van der Waals surface area contributed by atoms with E-state index in [0.29, 0.717) is 42.8 Å². The Kier molecular flexibility index (Phi) is 6.39. The van der Waals surface area contributed by atoms with Crippen molar-refractivity contribution in [3.63, 3.8) is 0 Å². The number of nitrogens with zero attached hydrogens (tertiary/aromatic N) is 4. The van der Waals surface area contributed by atoms with E-state index in [0.717, 1.165) is 0 Å². The lowest BCUT2D eigenvalue weighted by Gasteiger charge is -2.33. The molecular weight excluding hydrogens is 436 g/mol. The van der Waals surface area contributed by atoms with Crippen LogP contribution < -0.4 is 15.8 Å². The number of benzene rings is 1. The molecule has 0 spiro atoms. The summed E-state index contributed by atoms with van der Waals surface area (Å²) in [6.45, 7) is 2.32. The number of carbonyl (C=O) groups is 2. The molecule has 11 heteroatoms. The van der Waals surface area contributed by atoms with Crippen molar-refractivity contribution in [1.82, 2.24) is 20.7 Å². The van der Waals surface area contributed by atoms with E-state index in [-0.39, 0.29) is 29.6 Å². The van der Waals surface area contributed by atoms with Crippen LogP contribution in [0.3, 0.4) is 0 Å². The molecule has 2 N–H and O–H groups in total. The van der Waals surface area contributed by atoms with Crippen LogP contribution in [0, 0.1) is 11.3 Å². The minimum absolute atomic E-state index is 0.107. The highest BCUT2D eigenvalue weighted by atomic mass is 35.5. The smallest absolute Gasteiger partial charge is 0.271 e. The van der Waals surface area contributed by atoms with Crippen LogP contribution in [-0.2, 0) is 4.79 Å². The molecule has 0 radical (unpaired) electrons. The maximum atomic E-state index is 12.2. The van der Waals surface area contributed by atoms with E-state index < -0.39 is 5.91 Å². The van der Waals surface area contributed by atoms with Gasteiger partial charge in [-0.1, -0.05) is 23.7 Å². The summed E-state index contributed by atoms with van der Waals surface area (Å²) in [7, 11) is 0. The number of piperazine rings is 1. The lowest BCUT2D eigenvalue weighted by molar-refractivity contribution is -0.123. The highest BCUT2D eigenvalue weighted by molar-refractivity contribution is 6.33. The summed E-state index contributed by atoms with van der Waals surface area (Å²) >= 11 is 5.98. The number of amides is 2. The maximum Gasteiger partial charge on any atom is 0.271 e. The molecule has 32 heavy (non-hydrogen) atoms. The molecule has 2 aromatic heterocycles. The van der Waals surface area contributed by atoms with E-state index in [1.807, 2.05) is 15.9 Å². The third kappa shape index (κ3) is 4.74. The molecule has 3 heterocycles. The van der Waals surface area contributed by atoms with Gasteiger partial charge in [0.15, 0.2) is 5.76 Å². The Morgan fingerprint density at radius 3 is 2.59 bits per heavy atom. The number of nitriles is 1. The number of aromatic nitrogens is 1. The van der Waals surface area contributed by atoms with Crippen molar-refractivity contribution >= 4 is 29.3 Å². The van der Waals surface area contributed by atoms with Crippen molar-refractivity contribution in [2.45, 2.75) is 0 Å². The van der Waals surface area contributed by atoms with Gasteiger partial charge in [0.25, 0.3) is 17.7 Å². The van der Waals surface area contributed by atoms with Gasteiger partial charge in [-0.15, -0.1) is 0 Å². The van der Waals surface area contributed by atoms with E-state index in [9.17, 15) is 14.9 Å². The number of anilines is 1. The normalized spacial score (nSPS) is 14.1. The van der Waals surface area contributed by atoms with E-state index in [1.165, 1.54) is 6.26 Å². The molecule has 0 bridgehead atoms. The Morgan fingerprint density at radius 2 is 1.91 bits per heavy atom. The SMILES string of the molecule is N#Cc1nc(-c2ccco2)oc1N1CCN(CC(=O)NNC(=O)c2ccccc2Cl)CC1. The minimum atomic E-state index is -0.490. The summed E-state index contributed by atoms with van der Waals surface area (Å²) in [6.07, 6.45) is 1.51. The molecule has 1 aromatic carbocycles. The van der Waals surface area contributed by atoms with Crippen molar-refractivity contribution < 1.29 is 18.4 Å². The molecule has 10 nitrogen and oxygen atoms in total. The van der Waals surface area contributed by atoms with Gasteiger partial charge in [-0.05, 0) is 24.3 Å². The number of carbonyl (C=O) groups excluding carboxylic acids is 2. The molecule has 0 atom stereocenters. The van der Waals surface area contributed by atoms with Crippen LogP contribution in [0.5, 0.6) is 0 Å². The molecule has 4 rings (SSSR count). The van der Waals surface area contributed by atoms with Crippen molar-refractivity contribution in [2.24, 2.45) is 0 Å². The highest BCUT2D eigenvalue weighted by Gasteiger charge is 2.26.